The van der Waals surface area contributed by atoms with E-state index in [1.807, 2.05) is 59.4 Å². The summed E-state index contributed by atoms with van der Waals surface area (Å²) in [6.45, 7) is 1.13. The monoisotopic (exact) mass is 365 g/mol. The van der Waals surface area contributed by atoms with Crippen LogP contribution >= 0.6 is 0 Å². The van der Waals surface area contributed by atoms with E-state index < -0.39 is 0 Å². The van der Waals surface area contributed by atoms with Crippen LogP contribution in [0.5, 0.6) is 5.75 Å². The Morgan fingerprint density at radius 3 is 2.63 bits per heavy atom. The quantitative estimate of drug-likeness (QED) is 0.569. The van der Waals surface area contributed by atoms with Gasteiger partial charge in [-0.2, -0.15) is 0 Å². The molecule has 3 rings (SSSR count). The van der Waals surface area contributed by atoms with Gasteiger partial charge in [0.15, 0.2) is 0 Å². The number of hydrogen-bond donors (Lipinski definition) is 2. The van der Waals surface area contributed by atoms with E-state index in [4.69, 9.17) is 4.74 Å². The molecular formula is C20H23N5O2. The van der Waals surface area contributed by atoms with Gasteiger partial charge in [-0.3, -0.25) is 4.79 Å². The molecular weight excluding hydrogens is 342 g/mol. The van der Waals surface area contributed by atoms with E-state index in [2.05, 4.69) is 20.6 Å². The Labute approximate surface area is 158 Å². The average Bonchev–Trinajstić information content (AvgIpc) is 3.25. The number of methoxy groups -OCH3 is 1. The van der Waals surface area contributed by atoms with Gasteiger partial charge in [0.2, 0.25) is 5.91 Å². The number of anilines is 1. The van der Waals surface area contributed by atoms with Crippen LogP contribution in [-0.2, 0) is 11.2 Å². The van der Waals surface area contributed by atoms with Gasteiger partial charge in [0, 0.05) is 38.0 Å². The molecule has 0 radical (unpaired) electrons. The summed E-state index contributed by atoms with van der Waals surface area (Å²) in [6, 6.07) is 13.5. The zero-order valence-corrected chi connectivity index (χ0v) is 15.3. The molecule has 1 aromatic carbocycles. The molecule has 0 aliphatic rings. The Morgan fingerprint density at radius 1 is 1.11 bits per heavy atom. The van der Waals surface area contributed by atoms with Gasteiger partial charge in [-0.15, -0.1) is 0 Å². The van der Waals surface area contributed by atoms with Gasteiger partial charge in [-0.1, -0.05) is 12.1 Å². The molecule has 27 heavy (non-hydrogen) atoms. The number of amides is 1. The van der Waals surface area contributed by atoms with Crippen molar-refractivity contribution in [3.05, 3.63) is 66.7 Å². The summed E-state index contributed by atoms with van der Waals surface area (Å²) in [4.78, 5) is 20.4. The van der Waals surface area contributed by atoms with Gasteiger partial charge >= 0.3 is 0 Å². The highest BCUT2D eigenvalue weighted by molar-refractivity contribution is 5.76. The average molecular weight is 365 g/mol. The Bertz CT molecular complexity index is 847. The SMILES string of the molecule is COc1ccc(CCC(=O)NCCNc2cc(-n3cccc3)ncn2)cc1. The number of carbonyl (C=O) groups is 1. The lowest BCUT2D eigenvalue weighted by Gasteiger charge is -2.09. The van der Waals surface area contributed by atoms with Crippen LogP contribution in [0.1, 0.15) is 12.0 Å². The second-order valence-corrected chi connectivity index (χ2v) is 5.98. The Balaban J connectivity index is 1.37. The maximum Gasteiger partial charge on any atom is 0.220 e. The molecule has 0 bridgehead atoms. The Hall–Kier alpha value is -3.35. The highest BCUT2D eigenvalue weighted by atomic mass is 16.5. The topological polar surface area (TPSA) is 81.1 Å². The lowest BCUT2D eigenvalue weighted by molar-refractivity contribution is -0.120. The zero-order valence-electron chi connectivity index (χ0n) is 15.3. The predicted octanol–water partition coefficient (Wildman–Crippen LogP) is 2.44. The largest absolute Gasteiger partial charge is 0.497 e. The van der Waals surface area contributed by atoms with Crippen LogP contribution in [-0.4, -0.2) is 40.6 Å². The van der Waals surface area contributed by atoms with Crippen molar-refractivity contribution in [2.24, 2.45) is 0 Å². The number of hydrogen-bond acceptors (Lipinski definition) is 5. The fraction of sp³-hybridized carbons (Fsp3) is 0.250. The first-order valence-electron chi connectivity index (χ1n) is 8.83. The third-order valence-electron chi connectivity index (χ3n) is 4.07. The molecule has 0 aliphatic carbocycles. The first kappa shape index (κ1) is 18.4. The molecule has 0 fully saturated rings. The van der Waals surface area contributed by atoms with Crippen molar-refractivity contribution in [1.82, 2.24) is 19.9 Å². The molecule has 7 nitrogen and oxygen atoms in total. The van der Waals surface area contributed by atoms with Crippen LogP contribution in [0.4, 0.5) is 5.82 Å². The van der Waals surface area contributed by atoms with Crippen LogP contribution in [0, 0.1) is 0 Å². The van der Waals surface area contributed by atoms with E-state index in [1.165, 1.54) is 6.33 Å². The van der Waals surface area contributed by atoms with E-state index in [0.717, 1.165) is 22.9 Å². The lowest BCUT2D eigenvalue weighted by atomic mass is 10.1. The zero-order chi connectivity index (χ0) is 18.9. The number of aryl methyl sites for hydroxylation is 1. The van der Waals surface area contributed by atoms with Crippen LogP contribution < -0.4 is 15.4 Å². The molecule has 7 heteroatoms. The van der Waals surface area contributed by atoms with Gasteiger partial charge in [0.05, 0.1) is 7.11 Å². The van der Waals surface area contributed by atoms with Crippen LogP contribution in [0.3, 0.4) is 0 Å². The number of nitrogens with one attached hydrogen (secondary N) is 2. The summed E-state index contributed by atoms with van der Waals surface area (Å²) >= 11 is 0. The minimum absolute atomic E-state index is 0.0309. The van der Waals surface area contributed by atoms with E-state index in [-0.39, 0.29) is 5.91 Å². The number of ether oxygens (including phenoxy) is 1. The third-order valence-corrected chi connectivity index (χ3v) is 4.07. The fourth-order valence-corrected chi connectivity index (χ4v) is 2.60. The van der Waals surface area contributed by atoms with Crippen molar-refractivity contribution in [3.8, 4) is 11.6 Å². The van der Waals surface area contributed by atoms with Crippen molar-refractivity contribution >= 4 is 11.7 Å². The van der Waals surface area contributed by atoms with Crippen LogP contribution in [0.2, 0.25) is 0 Å². The Morgan fingerprint density at radius 2 is 1.89 bits per heavy atom. The molecule has 0 atom stereocenters. The smallest absolute Gasteiger partial charge is 0.220 e. The molecule has 0 unspecified atom stereocenters. The molecule has 0 saturated carbocycles. The minimum Gasteiger partial charge on any atom is -0.497 e. The van der Waals surface area contributed by atoms with Crippen molar-refractivity contribution in [2.45, 2.75) is 12.8 Å². The van der Waals surface area contributed by atoms with Crippen molar-refractivity contribution in [2.75, 3.05) is 25.5 Å². The molecule has 1 amide bonds. The van der Waals surface area contributed by atoms with Gasteiger partial charge in [0.25, 0.3) is 0 Å². The van der Waals surface area contributed by atoms with E-state index >= 15 is 0 Å². The first-order valence-corrected chi connectivity index (χ1v) is 8.83. The summed E-state index contributed by atoms with van der Waals surface area (Å²) in [5, 5.41) is 6.11. The summed E-state index contributed by atoms with van der Waals surface area (Å²) in [5.41, 5.74) is 1.11. The van der Waals surface area contributed by atoms with Crippen molar-refractivity contribution in [1.29, 1.82) is 0 Å². The van der Waals surface area contributed by atoms with Gasteiger partial charge < -0.3 is 19.9 Å². The van der Waals surface area contributed by atoms with E-state index in [1.54, 1.807) is 7.11 Å². The maximum atomic E-state index is 12.0. The third kappa shape index (κ3) is 5.57. The number of benzene rings is 1. The summed E-state index contributed by atoms with van der Waals surface area (Å²) < 4.78 is 7.04. The second-order valence-electron chi connectivity index (χ2n) is 5.98. The highest BCUT2D eigenvalue weighted by Gasteiger charge is 2.03. The molecule has 0 saturated heterocycles. The second kappa shape index (κ2) is 9.38. The molecule has 3 aromatic rings. The molecule has 2 heterocycles. The normalized spacial score (nSPS) is 10.4. The van der Waals surface area contributed by atoms with Crippen LogP contribution in [0.15, 0.2) is 61.2 Å². The minimum atomic E-state index is 0.0309. The van der Waals surface area contributed by atoms with Crippen molar-refractivity contribution in [3.63, 3.8) is 0 Å². The van der Waals surface area contributed by atoms with E-state index in [0.29, 0.717) is 25.9 Å². The molecule has 2 N–H and O–H groups in total. The number of carbonyl (C=O) groups excluding carboxylic acids is 1. The maximum absolute atomic E-state index is 12.0. The van der Waals surface area contributed by atoms with Gasteiger partial charge in [-0.25, -0.2) is 9.97 Å². The summed E-state index contributed by atoms with van der Waals surface area (Å²) in [5.74, 6) is 2.37. The fourth-order valence-electron chi connectivity index (χ4n) is 2.60. The number of aromatic nitrogens is 3. The number of rotatable bonds is 9. The highest BCUT2D eigenvalue weighted by Crippen LogP contribution is 2.12. The van der Waals surface area contributed by atoms with E-state index in [9.17, 15) is 4.79 Å². The Kier molecular flexibility index (Phi) is 6.40. The molecule has 140 valence electrons. The first-order chi connectivity index (χ1) is 13.2. The standard InChI is InChI=1S/C20H23N5O2/c1-27-17-7-4-16(5-8-17)6-9-20(26)22-11-10-21-18-14-19(24-15-23-18)25-12-2-3-13-25/h2-5,7-8,12-15H,6,9-11H2,1H3,(H,22,26)(H,21,23,24). The molecule has 0 spiro atoms. The van der Waals surface area contributed by atoms with Crippen molar-refractivity contribution < 1.29 is 9.53 Å². The summed E-state index contributed by atoms with van der Waals surface area (Å²) in [6.07, 6.45) is 6.53. The van der Waals surface area contributed by atoms with Gasteiger partial charge in [0.1, 0.15) is 23.7 Å². The molecule has 0 aliphatic heterocycles. The molecule has 2 aromatic heterocycles. The lowest BCUT2D eigenvalue weighted by Crippen LogP contribution is -2.29. The predicted molar refractivity (Wildman–Crippen MR) is 104 cm³/mol. The number of nitrogens with zero attached hydrogens (tertiary/aromatic N) is 3. The summed E-state index contributed by atoms with van der Waals surface area (Å²) in [7, 11) is 1.64. The van der Waals surface area contributed by atoms with Gasteiger partial charge in [-0.05, 0) is 36.2 Å². The van der Waals surface area contributed by atoms with Crippen LogP contribution in [0.25, 0.3) is 5.82 Å².